The van der Waals surface area contributed by atoms with Gasteiger partial charge in [0.2, 0.25) is 0 Å². The van der Waals surface area contributed by atoms with Crippen molar-refractivity contribution in [3.63, 3.8) is 0 Å². The summed E-state index contributed by atoms with van der Waals surface area (Å²) in [6.07, 6.45) is 2.41. The number of halogens is 2. The molecule has 2 aromatic rings. The number of ether oxygens (including phenoxy) is 1. The molecule has 2 unspecified atom stereocenters. The molecular weight excluding hydrogens is 372 g/mol. The highest BCUT2D eigenvalue weighted by atomic mass is 19.1. The number of benzene rings is 2. The number of aryl methyl sites for hydroxylation is 1. The van der Waals surface area contributed by atoms with Crippen LogP contribution in [-0.2, 0) is 11.2 Å². The van der Waals surface area contributed by atoms with E-state index in [1.807, 2.05) is 0 Å². The van der Waals surface area contributed by atoms with Crippen molar-refractivity contribution >= 4 is 5.96 Å². The van der Waals surface area contributed by atoms with Gasteiger partial charge in [0.1, 0.15) is 11.6 Å². The summed E-state index contributed by atoms with van der Waals surface area (Å²) in [6.45, 7) is 3.95. The molecule has 0 bridgehead atoms. The van der Waals surface area contributed by atoms with Crippen LogP contribution in [0, 0.1) is 24.5 Å². The molecule has 156 valence electrons. The van der Waals surface area contributed by atoms with Crippen molar-refractivity contribution < 1.29 is 13.5 Å². The van der Waals surface area contributed by atoms with Gasteiger partial charge in [-0.15, -0.1) is 0 Å². The maximum Gasteiger partial charge on any atom is 0.190 e. The Morgan fingerprint density at radius 3 is 2.52 bits per heavy atom. The van der Waals surface area contributed by atoms with Gasteiger partial charge in [-0.25, -0.2) is 8.78 Å². The van der Waals surface area contributed by atoms with E-state index >= 15 is 0 Å². The Labute approximate surface area is 171 Å². The number of nitrogens with one attached hydrogen (secondary N) is 2. The summed E-state index contributed by atoms with van der Waals surface area (Å²) in [6, 6.07) is 12.4. The summed E-state index contributed by atoms with van der Waals surface area (Å²) in [4.78, 5) is 4.22. The van der Waals surface area contributed by atoms with Crippen molar-refractivity contribution in [2.75, 3.05) is 26.7 Å². The first-order valence-electron chi connectivity index (χ1n) is 10.1. The quantitative estimate of drug-likeness (QED) is 0.565. The standard InChI is InChI=1S/C23H29F2N3O/c1-16-8-10-17(11-9-16)22-18(5-4-14-29-22)15-28-23(26-2)27-13-12-19-20(24)6-3-7-21(19)25/h3,6-11,18,22H,4-5,12-15H2,1-2H3,(H2,26,27,28). The molecule has 6 heteroatoms. The van der Waals surface area contributed by atoms with Crippen LogP contribution in [-0.4, -0.2) is 32.7 Å². The van der Waals surface area contributed by atoms with E-state index in [0.29, 0.717) is 25.0 Å². The van der Waals surface area contributed by atoms with E-state index < -0.39 is 11.6 Å². The van der Waals surface area contributed by atoms with Crippen molar-refractivity contribution in [1.29, 1.82) is 0 Å². The van der Waals surface area contributed by atoms with Crippen LogP contribution in [0.4, 0.5) is 8.78 Å². The average molecular weight is 402 g/mol. The van der Waals surface area contributed by atoms with Crippen LogP contribution in [0.25, 0.3) is 0 Å². The summed E-state index contributed by atoms with van der Waals surface area (Å²) in [5.41, 5.74) is 2.52. The van der Waals surface area contributed by atoms with Crippen molar-refractivity contribution in [3.8, 4) is 0 Å². The zero-order valence-corrected chi connectivity index (χ0v) is 17.1. The predicted octanol–water partition coefficient (Wildman–Crippen LogP) is 4.15. The lowest BCUT2D eigenvalue weighted by Crippen LogP contribution is -2.42. The van der Waals surface area contributed by atoms with Gasteiger partial charge >= 0.3 is 0 Å². The van der Waals surface area contributed by atoms with E-state index in [4.69, 9.17) is 4.74 Å². The minimum atomic E-state index is -0.518. The van der Waals surface area contributed by atoms with E-state index in [2.05, 4.69) is 46.8 Å². The Morgan fingerprint density at radius 2 is 1.83 bits per heavy atom. The van der Waals surface area contributed by atoms with Gasteiger partial charge in [0, 0.05) is 38.2 Å². The van der Waals surface area contributed by atoms with Gasteiger partial charge in [-0.2, -0.15) is 0 Å². The highest BCUT2D eigenvalue weighted by molar-refractivity contribution is 5.79. The normalized spacial score (nSPS) is 19.8. The topological polar surface area (TPSA) is 45.7 Å². The molecule has 1 heterocycles. The molecule has 1 aliphatic heterocycles. The van der Waals surface area contributed by atoms with E-state index in [1.165, 1.54) is 29.3 Å². The van der Waals surface area contributed by atoms with E-state index in [1.54, 1.807) is 7.05 Å². The molecule has 0 amide bonds. The third-order valence-electron chi connectivity index (χ3n) is 5.34. The van der Waals surface area contributed by atoms with Gasteiger partial charge in [-0.3, -0.25) is 4.99 Å². The van der Waals surface area contributed by atoms with Gasteiger partial charge < -0.3 is 15.4 Å². The lowest BCUT2D eigenvalue weighted by Gasteiger charge is -2.32. The monoisotopic (exact) mass is 401 g/mol. The third-order valence-corrected chi connectivity index (χ3v) is 5.34. The van der Waals surface area contributed by atoms with Crippen LogP contribution in [0.5, 0.6) is 0 Å². The van der Waals surface area contributed by atoms with Crippen molar-refractivity contribution in [2.45, 2.75) is 32.3 Å². The third kappa shape index (κ3) is 5.76. The Bertz CT molecular complexity index is 803. The maximum absolute atomic E-state index is 13.7. The number of hydrogen-bond acceptors (Lipinski definition) is 2. The number of nitrogens with zero attached hydrogens (tertiary/aromatic N) is 1. The SMILES string of the molecule is CN=C(NCCc1c(F)cccc1F)NCC1CCCOC1c1ccc(C)cc1. The molecule has 2 aromatic carbocycles. The van der Waals surface area contributed by atoms with E-state index in [0.717, 1.165) is 19.4 Å². The van der Waals surface area contributed by atoms with Crippen LogP contribution in [0.1, 0.15) is 35.6 Å². The fourth-order valence-electron chi connectivity index (χ4n) is 3.70. The van der Waals surface area contributed by atoms with Gasteiger partial charge in [0.25, 0.3) is 0 Å². The molecule has 0 radical (unpaired) electrons. The second-order valence-corrected chi connectivity index (χ2v) is 7.43. The van der Waals surface area contributed by atoms with Crippen LogP contribution >= 0.6 is 0 Å². The lowest BCUT2D eigenvalue weighted by molar-refractivity contribution is -0.0265. The minimum Gasteiger partial charge on any atom is -0.373 e. The smallest absolute Gasteiger partial charge is 0.190 e. The Kier molecular flexibility index (Phi) is 7.58. The lowest BCUT2D eigenvalue weighted by atomic mass is 9.89. The Hall–Kier alpha value is -2.47. The largest absolute Gasteiger partial charge is 0.373 e. The molecule has 1 fully saturated rings. The molecule has 0 saturated carbocycles. The predicted molar refractivity (Wildman–Crippen MR) is 112 cm³/mol. The Balaban J connectivity index is 1.53. The summed E-state index contributed by atoms with van der Waals surface area (Å²) in [5, 5.41) is 6.48. The van der Waals surface area contributed by atoms with Crippen molar-refractivity contribution in [2.24, 2.45) is 10.9 Å². The first-order chi connectivity index (χ1) is 14.1. The molecule has 2 N–H and O–H groups in total. The van der Waals surface area contributed by atoms with E-state index in [-0.39, 0.29) is 18.1 Å². The average Bonchev–Trinajstić information content (AvgIpc) is 2.73. The molecule has 0 aromatic heterocycles. The number of guanidine groups is 1. The van der Waals surface area contributed by atoms with Gasteiger partial charge in [0.15, 0.2) is 5.96 Å². The van der Waals surface area contributed by atoms with E-state index in [9.17, 15) is 8.78 Å². The molecule has 1 saturated heterocycles. The number of aliphatic imine (C=N–C) groups is 1. The molecule has 2 atom stereocenters. The summed E-state index contributed by atoms with van der Waals surface area (Å²) >= 11 is 0. The van der Waals surface area contributed by atoms with Crippen LogP contribution < -0.4 is 10.6 Å². The first kappa shape index (κ1) is 21.2. The summed E-state index contributed by atoms with van der Waals surface area (Å²) in [7, 11) is 1.69. The fourth-order valence-corrected chi connectivity index (χ4v) is 3.70. The summed E-state index contributed by atoms with van der Waals surface area (Å²) in [5.74, 6) is -0.0888. The second kappa shape index (κ2) is 10.3. The molecule has 3 rings (SSSR count). The highest BCUT2D eigenvalue weighted by Gasteiger charge is 2.27. The van der Waals surface area contributed by atoms with Crippen molar-refractivity contribution in [1.82, 2.24) is 10.6 Å². The zero-order valence-electron chi connectivity index (χ0n) is 17.1. The second-order valence-electron chi connectivity index (χ2n) is 7.43. The maximum atomic E-state index is 13.7. The van der Waals surface area contributed by atoms with Crippen LogP contribution in [0.3, 0.4) is 0 Å². The molecule has 29 heavy (non-hydrogen) atoms. The Morgan fingerprint density at radius 1 is 1.10 bits per heavy atom. The summed E-state index contributed by atoms with van der Waals surface area (Å²) < 4.78 is 33.6. The van der Waals surface area contributed by atoms with Crippen LogP contribution in [0.15, 0.2) is 47.5 Å². The molecular formula is C23H29F2N3O. The fraction of sp³-hybridized carbons (Fsp3) is 0.435. The van der Waals surface area contributed by atoms with Crippen LogP contribution in [0.2, 0.25) is 0 Å². The minimum absolute atomic E-state index is 0.0578. The van der Waals surface area contributed by atoms with Gasteiger partial charge in [-0.05, 0) is 43.9 Å². The van der Waals surface area contributed by atoms with Gasteiger partial charge in [-0.1, -0.05) is 35.9 Å². The number of hydrogen-bond donors (Lipinski definition) is 2. The first-order valence-corrected chi connectivity index (χ1v) is 10.1. The molecule has 0 aliphatic carbocycles. The van der Waals surface area contributed by atoms with Crippen molar-refractivity contribution in [3.05, 3.63) is 70.8 Å². The highest BCUT2D eigenvalue weighted by Crippen LogP contribution is 2.33. The molecule has 0 spiro atoms. The zero-order chi connectivity index (χ0) is 20.6. The molecule has 4 nitrogen and oxygen atoms in total. The molecule has 1 aliphatic rings. The van der Waals surface area contributed by atoms with Gasteiger partial charge in [0.05, 0.1) is 6.10 Å². The number of rotatable bonds is 6.